The molecule has 0 radical (unpaired) electrons. The van der Waals surface area contributed by atoms with Crippen molar-refractivity contribution in [1.82, 2.24) is 9.97 Å². The number of benzene rings is 7. The van der Waals surface area contributed by atoms with E-state index in [2.05, 4.69) is 9.97 Å². The minimum absolute atomic E-state index is 0.0358. The van der Waals surface area contributed by atoms with Gasteiger partial charge in [0.1, 0.15) is 6.33 Å². The minimum atomic E-state index is -0.840. The topological polar surface area (TPSA) is 25.8 Å². The van der Waals surface area contributed by atoms with Crippen molar-refractivity contribution in [2.24, 2.45) is 0 Å². The first-order valence-corrected chi connectivity index (χ1v) is 17.6. The molecule has 0 spiro atoms. The molecule has 11 rings (SSSR count). The highest BCUT2D eigenvalue weighted by Crippen LogP contribution is 2.44. The quantitative estimate of drug-likeness (QED) is 0.181. The van der Waals surface area contributed by atoms with Crippen molar-refractivity contribution >= 4 is 94.7 Å². The van der Waals surface area contributed by atoms with Crippen molar-refractivity contribution in [2.75, 3.05) is 0 Å². The monoisotopic (exact) mass is 724 g/mol. The van der Waals surface area contributed by atoms with Gasteiger partial charge in [-0.15, -0.1) is 34.0 Å². The molecule has 0 fully saturated rings. The van der Waals surface area contributed by atoms with Gasteiger partial charge in [-0.05, 0) is 69.7 Å². The number of aromatic nitrogens is 2. The van der Waals surface area contributed by atoms with E-state index in [4.69, 9.17) is 27.4 Å². The summed E-state index contributed by atoms with van der Waals surface area (Å²) < 4.78 is 196. The molecule has 0 saturated heterocycles. The fraction of sp³-hybridized carbons (Fsp3) is 0. The lowest BCUT2D eigenvalue weighted by Gasteiger charge is -2.09. The van der Waals surface area contributed by atoms with Crippen LogP contribution in [0.1, 0.15) is 30.2 Å². The second-order valence-corrected chi connectivity index (χ2v) is 14.3. The average molecular weight is 725 g/mol. The number of thiophene rings is 3. The molecule has 0 atom stereocenters. The summed E-state index contributed by atoms with van der Waals surface area (Å²) in [6.07, 6.45) is 1.14. The van der Waals surface area contributed by atoms with Crippen molar-refractivity contribution in [1.29, 1.82) is 0 Å². The molecule has 0 N–H and O–H groups in total. The number of hydrogen-bond acceptors (Lipinski definition) is 5. The lowest BCUT2D eigenvalue weighted by atomic mass is 9.96. The van der Waals surface area contributed by atoms with Crippen LogP contribution in [0.3, 0.4) is 0 Å². The van der Waals surface area contributed by atoms with E-state index in [1.807, 2.05) is 0 Å². The van der Waals surface area contributed by atoms with E-state index >= 15 is 0 Å². The molecule has 0 amide bonds. The van der Waals surface area contributed by atoms with E-state index in [0.29, 0.717) is 20.3 Å². The fourth-order valence-electron chi connectivity index (χ4n) is 6.13. The van der Waals surface area contributed by atoms with Crippen molar-refractivity contribution in [3.05, 3.63) is 157 Å². The number of nitrogens with zero attached hydrogens (tertiary/aromatic N) is 2. The predicted molar refractivity (Wildman–Crippen MR) is 222 cm³/mol. The van der Waals surface area contributed by atoms with Crippen LogP contribution in [0.2, 0.25) is 0 Å². The molecule has 0 aliphatic heterocycles. The van der Waals surface area contributed by atoms with E-state index in [9.17, 15) is 2.74 Å². The lowest BCUT2D eigenvalue weighted by Crippen LogP contribution is -1.88. The maximum absolute atomic E-state index is 9.66. The molecule has 51 heavy (non-hydrogen) atoms. The van der Waals surface area contributed by atoms with E-state index in [-0.39, 0.29) is 92.4 Å². The zero-order chi connectivity index (χ0) is 52.6. The van der Waals surface area contributed by atoms with Crippen LogP contribution in [0.4, 0.5) is 0 Å². The molecule has 11 aromatic rings. The van der Waals surface area contributed by atoms with Gasteiger partial charge < -0.3 is 0 Å². The Morgan fingerprint density at radius 1 is 0.412 bits per heavy atom. The highest BCUT2D eigenvalue weighted by molar-refractivity contribution is 7.27. The Hall–Kier alpha value is -5.72. The van der Waals surface area contributed by atoms with E-state index in [0.717, 1.165) is 40.3 Å². The van der Waals surface area contributed by atoms with Gasteiger partial charge in [-0.25, -0.2) is 9.97 Å². The Morgan fingerprint density at radius 3 is 1.67 bits per heavy atom. The van der Waals surface area contributed by atoms with Gasteiger partial charge in [-0.1, -0.05) is 115 Å². The molecule has 4 heterocycles. The maximum atomic E-state index is 9.66. The Morgan fingerprint density at radius 2 is 0.961 bits per heavy atom. The largest absolute Gasteiger partial charge is 0.235 e. The van der Waals surface area contributed by atoms with E-state index < -0.39 is 125 Å². The zero-order valence-electron chi connectivity index (χ0n) is 47.4. The van der Waals surface area contributed by atoms with Crippen LogP contribution in [0, 0.1) is 0 Å². The summed E-state index contributed by atoms with van der Waals surface area (Å²) in [4.78, 5) is 8.99. The van der Waals surface area contributed by atoms with Crippen molar-refractivity contribution in [3.8, 4) is 44.6 Å². The molecule has 0 saturated carbocycles. The Labute approximate surface area is 336 Å². The first-order valence-electron chi connectivity index (χ1n) is 26.2. The van der Waals surface area contributed by atoms with Crippen LogP contribution >= 0.6 is 34.0 Å². The third-order valence-electron chi connectivity index (χ3n) is 8.40. The van der Waals surface area contributed by atoms with Crippen LogP contribution in [-0.2, 0) is 0 Å². The zero-order valence-corrected chi connectivity index (χ0v) is 27.9. The normalized spacial score (nSPS) is 18.0. The van der Waals surface area contributed by atoms with Crippen LogP contribution in [0.15, 0.2) is 157 Å². The second-order valence-electron chi connectivity index (χ2n) is 11.2. The Bertz CT molecular complexity index is 4430. The first kappa shape index (κ1) is 14.9. The molecule has 0 bridgehead atoms. The summed E-state index contributed by atoms with van der Waals surface area (Å²) in [6, 6.07) is -8.09. The average Bonchev–Trinajstić information content (AvgIpc) is 4.08. The summed E-state index contributed by atoms with van der Waals surface area (Å²) in [5.74, 6) is 0. The minimum Gasteiger partial charge on any atom is -0.235 e. The van der Waals surface area contributed by atoms with E-state index in [1.165, 1.54) is 0 Å². The third-order valence-corrected chi connectivity index (χ3v) is 11.8. The van der Waals surface area contributed by atoms with Gasteiger partial charge in [0.25, 0.3) is 0 Å². The highest BCUT2D eigenvalue weighted by Gasteiger charge is 2.17. The van der Waals surface area contributed by atoms with Gasteiger partial charge in [0.05, 0.1) is 46.1 Å². The Kier molecular flexibility index (Phi) is 3.32. The Balaban J connectivity index is 1.15. The summed E-state index contributed by atoms with van der Waals surface area (Å²) in [7, 11) is 0. The number of rotatable bonds is 4. The first-order chi connectivity index (χ1) is 34.4. The van der Waals surface area contributed by atoms with Crippen LogP contribution < -0.4 is 0 Å². The number of hydrogen-bond donors (Lipinski definition) is 0. The third kappa shape index (κ3) is 4.59. The molecule has 4 aromatic heterocycles. The molecule has 238 valence electrons. The smallest absolute Gasteiger partial charge is 0.116 e. The summed E-state index contributed by atoms with van der Waals surface area (Å²) in [6.45, 7) is 0. The molecule has 0 aliphatic rings. The summed E-state index contributed by atoms with van der Waals surface area (Å²) in [5.41, 5.74) is -1.63. The standard InChI is InChI=1S/C46H26N2S3/c1-3-19-39-34(13-1)36-17-7-15-32(44(36)49-39)29-11-5-9-27(23-29)28-10-6-12-31(24-28)42-46-43(48-26-47-42)38-25-30(21-22-41(38)51-46)33-16-8-18-37-35-14-2-4-20-40(35)50-45(33)37/h1-26H/i1D,2D,3D,4D,5D,6D,7D,8D,9D,10D,11D,12D,13D,14D,15D,16D,17D,18D,19D,20D,23D,24D. The second kappa shape index (κ2) is 11.4. The van der Waals surface area contributed by atoms with Gasteiger partial charge in [0.15, 0.2) is 0 Å². The molecule has 5 heteroatoms. The van der Waals surface area contributed by atoms with E-state index in [1.54, 1.807) is 18.2 Å². The predicted octanol–water partition coefficient (Wildman–Crippen LogP) is 14.2. The van der Waals surface area contributed by atoms with Gasteiger partial charge in [-0.2, -0.15) is 0 Å². The fourth-order valence-corrected chi connectivity index (χ4v) is 9.42. The molecule has 0 aliphatic carbocycles. The SMILES string of the molecule is [2H]c1c([2H])c(-c2c([2H])c([2H])c([2H])c(-c3c([2H])c([2H])c([2H])c4c3sc3c([2H])c([2H])c([2H])c([2H])c34)c2[2H])c([2H])c(-c2ncnc3c2sc2ccc(-c4c([2H])c([2H])c([2H])c5c4sc4c([2H])c([2H])c([2H])c([2H])c45)cc23)c1[2H]. The van der Waals surface area contributed by atoms with Crippen molar-refractivity contribution < 1.29 is 30.2 Å². The van der Waals surface area contributed by atoms with Crippen molar-refractivity contribution in [2.45, 2.75) is 0 Å². The van der Waals surface area contributed by atoms with Crippen molar-refractivity contribution in [3.63, 3.8) is 0 Å². The van der Waals surface area contributed by atoms with Crippen LogP contribution in [0.25, 0.3) is 105 Å². The van der Waals surface area contributed by atoms with Gasteiger partial charge in [-0.3, -0.25) is 0 Å². The molecular weight excluding hydrogens is 677 g/mol. The van der Waals surface area contributed by atoms with Gasteiger partial charge in [0.2, 0.25) is 0 Å². The summed E-state index contributed by atoms with van der Waals surface area (Å²) in [5, 5.41) is 0.339. The summed E-state index contributed by atoms with van der Waals surface area (Å²) >= 11 is 2.83. The van der Waals surface area contributed by atoms with Gasteiger partial charge >= 0.3 is 0 Å². The maximum Gasteiger partial charge on any atom is 0.116 e. The lowest BCUT2D eigenvalue weighted by molar-refractivity contribution is 1.24. The molecule has 0 unspecified atom stereocenters. The molecule has 7 aromatic carbocycles. The highest BCUT2D eigenvalue weighted by atomic mass is 32.1. The van der Waals surface area contributed by atoms with Crippen LogP contribution in [-0.4, -0.2) is 9.97 Å². The molecular formula is C46H26N2S3. The van der Waals surface area contributed by atoms with Crippen LogP contribution in [0.5, 0.6) is 0 Å². The molecule has 2 nitrogen and oxygen atoms in total. The number of fused-ring (bicyclic) bond motifs is 9. The van der Waals surface area contributed by atoms with Gasteiger partial charge in [0, 0.05) is 56.0 Å².